The summed E-state index contributed by atoms with van der Waals surface area (Å²) in [5.41, 5.74) is 5.71. The van der Waals surface area contributed by atoms with Crippen LogP contribution in [0.4, 0.5) is 28.4 Å². The standard InChI is InChI=1S/C63H74N10O13S/c1-37(2)85-54-8-6-5-7-43(54)52-32-70(53-35-83-33-46-45(53)31-65-62(80-4)58(46)79-3)20-21-71(52)41-29-63(30-41)15-18-69(19-16-63)40-9-10-44(49(26-40)72-48-14-24-82-36-56(48)86-61-51(72)25-39-11-17-64-59(39)67-61)60(74)68-87(77,78)42-27-50(73(75)76)57-55(28-42)84-34-47(66-57)38-12-22-81-23-13-38/h5-11,17,25-28,31,37-38,41,47-48,52-53,56,66H,12-16,18-24,29-30,32-36H2,1-4H3,(H,64,67)(H,68,74)/t47-,48-,52-,53+,56-/m0/s1. The summed E-state index contributed by atoms with van der Waals surface area (Å²) in [4.78, 5) is 49.0. The number of ether oxygens (including phenoxy) is 8. The number of piperazine rings is 1. The van der Waals surface area contributed by atoms with E-state index in [4.69, 9.17) is 42.9 Å². The number of pyridine rings is 2. The summed E-state index contributed by atoms with van der Waals surface area (Å²) < 4.78 is 79.7. The predicted octanol–water partition coefficient (Wildman–Crippen LogP) is 8.46. The minimum atomic E-state index is -4.73. The number of methoxy groups -OCH3 is 2. The largest absolute Gasteiger partial charge is 0.491 e. The number of H-pyrrole nitrogens is 1. The molecule has 24 heteroatoms. The summed E-state index contributed by atoms with van der Waals surface area (Å²) in [5, 5.41) is 16.7. The van der Waals surface area contributed by atoms with Crippen LogP contribution in [0.3, 0.4) is 0 Å². The first-order valence-corrected chi connectivity index (χ1v) is 31.9. The Bertz CT molecular complexity index is 3710. The van der Waals surface area contributed by atoms with Crippen molar-refractivity contribution in [2.75, 3.05) is 102 Å². The zero-order chi connectivity index (χ0) is 59.7. The third-order valence-electron chi connectivity index (χ3n) is 19.4. The maximum Gasteiger partial charge on any atom is 0.297 e. The van der Waals surface area contributed by atoms with Gasteiger partial charge in [0.15, 0.2) is 17.2 Å². The number of aromatic nitrogens is 3. The Labute approximate surface area is 505 Å². The summed E-state index contributed by atoms with van der Waals surface area (Å²) in [6, 6.07) is 20.0. The van der Waals surface area contributed by atoms with E-state index in [0.717, 1.165) is 105 Å². The Hall–Kier alpha value is -7.48. The van der Waals surface area contributed by atoms with E-state index >= 15 is 0 Å². The van der Waals surface area contributed by atoms with Crippen LogP contribution < -0.4 is 43.5 Å². The second-order valence-corrected chi connectivity index (χ2v) is 26.4. The van der Waals surface area contributed by atoms with Crippen molar-refractivity contribution in [1.82, 2.24) is 29.5 Å². The van der Waals surface area contributed by atoms with Gasteiger partial charge in [0.25, 0.3) is 27.5 Å². The number of nitro benzene ring substituents is 1. The molecule has 8 aliphatic rings. The number of carbonyl (C=O) groups is 1. The lowest BCUT2D eigenvalue weighted by atomic mass is 9.59. The summed E-state index contributed by atoms with van der Waals surface area (Å²) in [5.74, 6) is 1.58. The first-order valence-electron chi connectivity index (χ1n) is 30.5. The van der Waals surface area contributed by atoms with Crippen molar-refractivity contribution in [2.45, 2.75) is 113 Å². The Morgan fingerprint density at radius 3 is 2.49 bits per heavy atom. The molecule has 23 nitrogen and oxygen atoms in total. The molecule has 3 N–H and O–H groups in total. The van der Waals surface area contributed by atoms with Crippen molar-refractivity contribution in [1.29, 1.82) is 0 Å². The van der Waals surface area contributed by atoms with Crippen LogP contribution in [-0.2, 0) is 30.8 Å². The highest BCUT2D eigenvalue weighted by atomic mass is 32.2. The molecule has 1 aliphatic carbocycles. The molecule has 0 unspecified atom stereocenters. The van der Waals surface area contributed by atoms with Gasteiger partial charge in [-0.1, -0.05) is 18.2 Å². The number of piperidine rings is 1. The highest BCUT2D eigenvalue weighted by Gasteiger charge is 2.51. The molecule has 460 valence electrons. The molecular weight excluding hydrogens is 1140 g/mol. The van der Waals surface area contributed by atoms with Crippen molar-refractivity contribution in [3.8, 4) is 29.0 Å². The van der Waals surface area contributed by atoms with Gasteiger partial charge in [0.05, 0.1) is 85.4 Å². The molecule has 7 aliphatic heterocycles. The number of nitrogens with zero attached hydrogens (tertiary/aromatic N) is 7. The third-order valence-corrected chi connectivity index (χ3v) is 20.7. The van der Waals surface area contributed by atoms with Crippen molar-refractivity contribution in [3.05, 3.63) is 111 Å². The highest BCUT2D eigenvalue weighted by Crippen LogP contribution is 2.55. The molecule has 4 saturated heterocycles. The van der Waals surface area contributed by atoms with E-state index in [-0.39, 0.29) is 71.8 Å². The van der Waals surface area contributed by atoms with Crippen LogP contribution in [-0.4, -0.2) is 161 Å². The van der Waals surface area contributed by atoms with Crippen molar-refractivity contribution >= 4 is 55.4 Å². The summed E-state index contributed by atoms with van der Waals surface area (Å²) in [6.07, 6.45) is 9.39. The second kappa shape index (κ2) is 23.2. The Morgan fingerprint density at radius 2 is 1.70 bits per heavy atom. The number of nitro groups is 1. The lowest BCUT2D eigenvalue weighted by Gasteiger charge is -2.58. The number of benzene rings is 3. The summed E-state index contributed by atoms with van der Waals surface area (Å²) in [6.45, 7) is 11.2. The molecule has 14 rings (SSSR count). The van der Waals surface area contributed by atoms with Crippen molar-refractivity contribution < 1.29 is 56.0 Å². The molecule has 0 radical (unpaired) electrons. The van der Waals surface area contributed by atoms with Gasteiger partial charge in [0, 0.05) is 105 Å². The molecule has 0 bridgehead atoms. The quantitative estimate of drug-likeness (QED) is 0.0683. The van der Waals surface area contributed by atoms with Gasteiger partial charge in [0.2, 0.25) is 5.88 Å². The van der Waals surface area contributed by atoms with Crippen molar-refractivity contribution in [2.24, 2.45) is 11.3 Å². The molecule has 5 fully saturated rings. The number of hydrogen-bond acceptors (Lipinski definition) is 20. The number of aromatic amines is 1. The number of nitrogens with one attached hydrogen (secondary N) is 3. The first-order chi connectivity index (χ1) is 42.2. The Kier molecular flexibility index (Phi) is 15.3. The normalized spacial score (nSPS) is 24.1. The van der Waals surface area contributed by atoms with E-state index in [1.165, 1.54) is 11.6 Å². The fourth-order valence-electron chi connectivity index (χ4n) is 14.9. The average molecular weight is 1210 g/mol. The van der Waals surface area contributed by atoms with Gasteiger partial charge in [-0.15, -0.1) is 0 Å². The number of anilines is 4. The predicted molar refractivity (Wildman–Crippen MR) is 322 cm³/mol. The number of carbonyl (C=O) groups excluding carboxylic acids is 1. The van der Waals surface area contributed by atoms with E-state index in [9.17, 15) is 23.3 Å². The van der Waals surface area contributed by atoms with Gasteiger partial charge in [0.1, 0.15) is 29.8 Å². The number of rotatable bonds is 14. The topological polar surface area (TPSA) is 247 Å². The number of para-hydroxylation sites is 1. The first kappa shape index (κ1) is 57.3. The van der Waals surface area contributed by atoms with E-state index in [1.54, 1.807) is 26.5 Å². The lowest BCUT2D eigenvalue weighted by Crippen LogP contribution is -2.60. The maximum atomic E-state index is 15.0. The van der Waals surface area contributed by atoms with Gasteiger partial charge in [-0.05, 0) is 112 Å². The third kappa shape index (κ3) is 10.7. The molecule has 1 spiro atoms. The fourth-order valence-corrected chi connectivity index (χ4v) is 15.9. The van der Waals surface area contributed by atoms with Crippen LogP contribution in [0.1, 0.15) is 97.9 Å². The van der Waals surface area contributed by atoms with Crippen LogP contribution in [0.25, 0.3) is 11.0 Å². The van der Waals surface area contributed by atoms with Gasteiger partial charge in [-0.25, -0.2) is 18.1 Å². The highest BCUT2D eigenvalue weighted by molar-refractivity contribution is 7.90. The van der Waals surface area contributed by atoms with Crippen LogP contribution >= 0.6 is 0 Å². The summed E-state index contributed by atoms with van der Waals surface area (Å²) >= 11 is 0. The minimum Gasteiger partial charge on any atom is -0.491 e. The van der Waals surface area contributed by atoms with E-state index < -0.39 is 37.5 Å². The van der Waals surface area contributed by atoms with Crippen LogP contribution in [0.2, 0.25) is 0 Å². The molecule has 87 heavy (non-hydrogen) atoms. The summed E-state index contributed by atoms with van der Waals surface area (Å²) in [7, 11) is -1.48. The number of fused-ring (bicyclic) bond motifs is 5. The zero-order valence-corrected chi connectivity index (χ0v) is 50.2. The zero-order valence-electron chi connectivity index (χ0n) is 49.4. The monoisotopic (exact) mass is 1210 g/mol. The van der Waals surface area contributed by atoms with Gasteiger partial charge >= 0.3 is 0 Å². The molecule has 1 amide bonds. The lowest BCUT2D eigenvalue weighted by molar-refractivity contribution is -0.384. The van der Waals surface area contributed by atoms with Crippen LogP contribution in [0.15, 0.2) is 84.0 Å². The number of hydrogen-bond donors (Lipinski definition) is 3. The molecule has 10 heterocycles. The smallest absolute Gasteiger partial charge is 0.297 e. The van der Waals surface area contributed by atoms with E-state index in [1.807, 2.05) is 30.5 Å². The van der Waals surface area contributed by atoms with Crippen molar-refractivity contribution in [3.63, 3.8) is 0 Å². The maximum absolute atomic E-state index is 15.0. The molecule has 3 aromatic heterocycles. The fraction of sp³-hybridized carbons (Fsp3) is 0.508. The minimum absolute atomic E-state index is 0.00350. The van der Waals surface area contributed by atoms with E-state index in [2.05, 4.69) is 77.7 Å². The number of amides is 1. The molecule has 1 saturated carbocycles. The van der Waals surface area contributed by atoms with Gasteiger partial charge in [-0.2, -0.15) is 4.98 Å². The Morgan fingerprint density at radius 1 is 0.885 bits per heavy atom. The molecular formula is C63H74N10O13S. The second-order valence-electron chi connectivity index (χ2n) is 24.7. The van der Waals surface area contributed by atoms with Crippen LogP contribution in [0.5, 0.6) is 29.0 Å². The van der Waals surface area contributed by atoms with E-state index in [0.29, 0.717) is 80.0 Å². The van der Waals surface area contributed by atoms with Crippen LogP contribution in [0, 0.1) is 21.4 Å². The van der Waals surface area contributed by atoms with Gasteiger partial charge in [-0.3, -0.25) is 24.7 Å². The Balaban J connectivity index is 0.737. The molecule has 5 atom stereocenters. The number of sulfonamides is 1. The average Bonchev–Trinajstić information content (AvgIpc) is 1.42. The molecule has 3 aromatic carbocycles. The molecule has 6 aromatic rings. The SMILES string of the molecule is COc1ncc2c(c1OC)COC[C@H]2N1CCN(C2CC3(CCN(c4ccc(C(=O)NS(=O)(=O)c5cc6c(c([N+](=O)[O-])c5)N[C@H](C5CCOCC5)CO6)c(N5c6cc7cc[nH]c7nc6O[C@H]6COCC[C@@H]65)c4)CC3)C2)[C@H](c2ccccc2OC(C)C)C1. The van der Waals surface area contributed by atoms with Gasteiger partial charge < -0.3 is 58.0 Å².